The zero-order valence-electron chi connectivity index (χ0n) is 27.0. The first-order valence-corrected chi connectivity index (χ1v) is 17.5. The summed E-state index contributed by atoms with van der Waals surface area (Å²) in [5.41, 5.74) is 0.628. The van der Waals surface area contributed by atoms with Crippen LogP contribution in [0.5, 0.6) is 11.5 Å². The van der Waals surface area contributed by atoms with E-state index in [1.807, 2.05) is 27.7 Å². The molecule has 2 aromatic carbocycles. The molecule has 46 heavy (non-hydrogen) atoms. The Kier molecular flexibility index (Phi) is 17.5. The van der Waals surface area contributed by atoms with Gasteiger partial charge in [0.25, 0.3) is 14.4 Å². The van der Waals surface area contributed by atoms with Gasteiger partial charge in [0.15, 0.2) is 6.29 Å². The van der Waals surface area contributed by atoms with Crippen LogP contribution in [0, 0.1) is 11.3 Å². The molecule has 2 aromatic rings. The van der Waals surface area contributed by atoms with Gasteiger partial charge in [-0.2, -0.15) is 5.26 Å². The maximum absolute atomic E-state index is 13.3. The van der Waals surface area contributed by atoms with Crippen LogP contribution >= 0.6 is 8.53 Å². The van der Waals surface area contributed by atoms with E-state index in [0.29, 0.717) is 12.6 Å². The van der Waals surface area contributed by atoms with E-state index in [-0.39, 0.29) is 123 Å². The van der Waals surface area contributed by atoms with Gasteiger partial charge in [-0.3, -0.25) is 9.59 Å². The molecule has 2 rings (SSSR count). The van der Waals surface area contributed by atoms with E-state index in [4.69, 9.17) is 26.8 Å². The van der Waals surface area contributed by atoms with Crippen molar-refractivity contribution in [2.75, 3.05) is 47.0 Å². The summed E-state index contributed by atoms with van der Waals surface area (Å²) in [5.74, 6) is -0.217. The molecule has 0 saturated carbocycles. The van der Waals surface area contributed by atoms with E-state index in [0.717, 1.165) is 0 Å². The van der Waals surface area contributed by atoms with Gasteiger partial charge >= 0.3 is 126 Å². The number of nitriles is 1. The molecule has 0 aliphatic rings. The minimum Gasteiger partial charge on any atom is -0.298 e. The van der Waals surface area contributed by atoms with Crippen LogP contribution in [-0.2, 0) is 16.8 Å². The van der Waals surface area contributed by atoms with Gasteiger partial charge in [0.2, 0.25) is 0 Å². The average molecular weight is 848 g/mol. The molecule has 13 nitrogen and oxygen atoms in total. The predicted octanol–water partition coefficient (Wildman–Crippen LogP) is 4.57. The number of rotatable bonds is 20. The van der Waals surface area contributed by atoms with Crippen molar-refractivity contribution in [2.45, 2.75) is 46.2 Å². The third-order valence-corrected chi connectivity index (χ3v) is 9.20. The largest absolute Gasteiger partial charge is 0.298 e. The van der Waals surface area contributed by atoms with Gasteiger partial charge in [-0.1, -0.05) is 0 Å². The zero-order valence-corrected chi connectivity index (χ0v) is 32.4. The van der Waals surface area contributed by atoms with E-state index < -0.39 is 8.53 Å². The van der Waals surface area contributed by atoms with Crippen molar-refractivity contribution in [3.8, 4) is 17.6 Å². The number of carbonyl (C=O) groups is 4. The maximum atomic E-state index is 13.3. The van der Waals surface area contributed by atoms with Gasteiger partial charge < -0.3 is 13.9 Å². The molecule has 1 atom stereocenters. The van der Waals surface area contributed by atoms with E-state index in [9.17, 15) is 19.2 Å². The molecule has 1 unspecified atom stereocenters. The van der Waals surface area contributed by atoms with Crippen molar-refractivity contribution < 1.29 is 40.7 Å². The standard InChI is InChI=1S/C31H41N4O9P.Tl/c1-22(2)35(23(3)4)45(42-15-7-12-32)43-17-14-34(6)31(39)29-11-9-27(19-25(29)21-37)44-26-8-10-28(24(18-26)20-36)30(38)33(5)13-16-41-40;/h8-11,18-23,40H,7,13-17H2,1-6H3;/q;+1/p-1. The van der Waals surface area contributed by atoms with E-state index in [1.165, 1.54) is 34.1 Å². The molecular formula is C31H40N4O9PTl. The van der Waals surface area contributed by atoms with Crippen molar-refractivity contribution in [1.29, 1.82) is 5.26 Å². The van der Waals surface area contributed by atoms with E-state index in [2.05, 4.69) is 10.7 Å². The van der Waals surface area contributed by atoms with Crippen molar-refractivity contribution >= 4 is 59.1 Å². The van der Waals surface area contributed by atoms with Crippen LogP contribution in [0.3, 0.4) is 0 Å². The van der Waals surface area contributed by atoms with Crippen LogP contribution in [-0.4, -0.2) is 124 Å². The van der Waals surface area contributed by atoms with Crippen LogP contribution in [0.1, 0.15) is 75.5 Å². The molecule has 0 radical (unpaired) electrons. The SMILES string of the molecule is CC(C)N(C(C)C)P(OCCC#N)OCCN(C)C(=O)c1ccc(Oc2ccc(C(=O)N(C)CCO[O][Tl])c(C=O)c2)cc1C=O. The van der Waals surface area contributed by atoms with E-state index >= 15 is 0 Å². The number of carbonyl (C=O) groups excluding carboxylic acids is 4. The summed E-state index contributed by atoms with van der Waals surface area (Å²) in [7, 11) is 1.75. The van der Waals surface area contributed by atoms with Gasteiger partial charge in [-0.25, -0.2) is 4.67 Å². The third kappa shape index (κ3) is 11.8. The van der Waals surface area contributed by atoms with Crippen LogP contribution in [0.25, 0.3) is 0 Å². The van der Waals surface area contributed by atoms with Crippen LogP contribution in [0.4, 0.5) is 0 Å². The maximum Gasteiger partial charge on any atom is 0.150 e. The molecular weight excluding hydrogens is 808 g/mol. The third-order valence-electron chi connectivity index (χ3n) is 6.56. The number of benzene rings is 2. The Morgan fingerprint density at radius 2 is 1.33 bits per heavy atom. The molecule has 0 aliphatic heterocycles. The molecule has 0 N–H and O–H groups in total. The molecule has 0 saturated heterocycles. The second kappa shape index (κ2) is 20.4. The number of nitrogens with zero attached hydrogens (tertiary/aromatic N) is 4. The number of ether oxygens (including phenoxy) is 1. The summed E-state index contributed by atoms with van der Waals surface area (Å²) >= 11 is 0.221. The normalized spacial score (nSPS) is 11.7. The Balaban J connectivity index is 2.11. The summed E-state index contributed by atoms with van der Waals surface area (Å²) in [6.07, 6.45) is 1.38. The number of aldehydes is 2. The first kappa shape index (κ1) is 39.3. The summed E-state index contributed by atoms with van der Waals surface area (Å²) < 4.78 is 24.6. The van der Waals surface area contributed by atoms with Crippen LogP contribution in [0.2, 0.25) is 0 Å². The van der Waals surface area contributed by atoms with Crippen molar-refractivity contribution in [3.05, 3.63) is 58.7 Å². The molecule has 0 spiro atoms. The van der Waals surface area contributed by atoms with Crippen molar-refractivity contribution in [3.63, 3.8) is 0 Å². The monoisotopic (exact) mass is 848 g/mol. The topological polar surface area (TPSA) is 148 Å². The summed E-state index contributed by atoms with van der Waals surface area (Å²) in [6.45, 7) is 9.29. The molecule has 0 heterocycles. The Morgan fingerprint density at radius 1 is 0.848 bits per heavy atom. The molecule has 0 bridgehead atoms. The van der Waals surface area contributed by atoms with Gasteiger partial charge in [0, 0.05) is 31.2 Å². The van der Waals surface area contributed by atoms with Gasteiger partial charge in [-0.05, 0) is 45.9 Å². The van der Waals surface area contributed by atoms with Crippen LogP contribution in [0.15, 0.2) is 36.4 Å². The molecule has 15 heteroatoms. The summed E-state index contributed by atoms with van der Waals surface area (Å²) in [4.78, 5) is 57.6. The number of likely N-dealkylation sites (N-methyl/N-ethyl adjacent to an activating group) is 2. The Morgan fingerprint density at radius 3 is 1.76 bits per heavy atom. The molecule has 0 aliphatic carbocycles. The van der Waals surface area contributed by atoms with Crippen molar-refractivity contribution in [1.82, 2.24) is 14.5 Å². The first-order valence-electron chi connectivity index (χ1n) is 14.6. The summed E-state index contributed by atoms with van der Waals surface area (Å²) in [5, 5.41) is 8.90. The predicted molar refractivity (Wildman–Crippen MR) is 172 cm³/mol. The number of hydrogen-bond acceptors (Lipinski definition) is 11. The quantitative estimate of drug-likeness (QED) is 0.0461. The number of hydrogen-bond donors (Lipinski definition) is 0. The first-order chi connectivity index (χ1) is 22.0. The fourth-order valence-corrected chi connectivity index (χ4v) is 6.29. The second-order valence-electron chi connectivity index (χ2n) is 10.6. The summed E-state index contributed by atoms with van der Waals surface area (Å²) in [6, 6.07) is 11.3. The molecule has 246 valence electrons. The fourth-order valence-electron chi connectivity index (χ4n) is 4.34. The fraction of sp³-hybridized carbons (Fsp3) is 0.452. The average Bonchev–Trinajstić information content (AvgIpc) is 3.03. The molecule has 2 amide bonds. The van der Waals surface area contributed by atoms with Crippen LogP contribution < -0.4 is 4.74 Å². The smallest absolute Gasteiger partial charge is 0.150 e. The minimum absolute atomic E-state index is 0.119. The van der Waals surface area contributed by atoms with Gasteiger partial charge in [0.05, 0.1) is 31.3 Å². The Labute approximate surface area is 287 Å². The number of amides is 2. The minimum atomic E-state index is -1.45. The van der Waals surface area contributed by atoms with Crippen molar-refractivity contribution in [2.24, 2.45) is 0 Å². The molecule has 0 fully saturated rings. The van der Waals surface area contributed by atoms with E-state index in [1.54, 1.807) is 26.2 Å². The second-order valence-corrected chi connectivity index (χ2v) is 12.8. The molecule has 0 aromatic heterocycles. The zero-order chi connectivity index (χ0) is 34.2. The Hall–Kier alpha value is -2.84. The Bertz CT molecular complexity index is 1360. The van der Waals surface area contributed by atoms with Gasteiger partial charge in [-0.15, -0.1) is 0 Å². The van der Waals surface area contributed by atoms with Gasteiger partial charge in [0.1, 0.15) is 0 Å².